The van der Waals surface area contributed by atoms with Crippen molar-refractivity contribution < 1.29 is 14.3 Å². The van der Waals surface area contributed by atoms with Crippen molar-refractivity contribution in [3.05, 3.63) is 24.2 Å². The molecule has 1 aliphatic carbocycles. The maximum Gasteiger partial charge on any atom is 0.257 e. The average molecular weight is 306 g/mol. The maximum atomic E-state index is 12.2. The van der Waals surface area contributed by atoms with Crippen molar-refractivity contribution in [1.82, 2.24) is 10.2 Å². The highest BCUT2D eigenvalue weighted by molar-refractivity contribution is 5.93. The van der Waals surface area contributed by atoms with E-state index >= 15 is 0 Å². The van der Waals surface area contributed by atoms with Gasteiger partial charge in [-0.05, 0) is 50.6 Å². The summed E-state index contributed by atoms with van der Waals surface area (Å²) in [7, 11) is 0. The minimum atomic E-state index is -0.102. The van der Waals surface area contributed by atoms with Gasteiger partial charge in [-0.3, -0.25) is 4.79 Å². The molecule has 0 spiro atoms. The summed E-state index contributed by atoms with van der Waals surface area (Å²) in [5, 5.41) is 13.4. The van der Waals surface area contributed by atoms with Crippen LogP contribution in [-0.4, -0.2) is 47.7 Å². The van der Waals surface area contributed by atoms with E-state index in [4.69, 9.17) is 4.42 Å². The molecule has 2 unspecified atom stereocenters. The third-order valence-corrected chi connectivity index (χ3v) is 5.00. The molecule has 5 heteroatoms. The lowest BCUT2D eigenvalue weighted by atomic mass is 9.87. The number of hydrogen-bond donors (Lipinski definition) is 2. The lowest BCUT2D eigenvalue weighted by molar-refractivity contribution is 0.0694. The van der Waals surface area contributed by atoms with Crippen LogP contribution in [0.15, 0.2) is 23.0 Å². The number of carbonyl (C=O) groups is 1. The summed E-state index contributed by atoms with van der Waals surface area (Å²) < 4.78 is 4.98. The fourth-order valence-electron chi connectivity index (χ4n) is 3.64. The zero-order valence-corrected chi connectivity index (χ0v) is 13.0. The lowest BCUT2D eigenvalue weighted by Crippen LogP contribution is -2.46. The second kappa shape index (κ2) is 7.29. The summed E-state index contributed by atoms with van der Waals surface area (Å²) >= 11 is 0. The van der Waals surface area contributed by atoms with Gasteiger partial charge in [-0.25, -0.2) is 0 Å². The fourth-order valence-corrected chi connectivity index (χ4v) is 3.64. The van der Waals surface area contributed by atoms with Gasteiger partial charge in [0.1, 0.15) is 6.26 Å². The SMILES string of the molecule is O=C(c1ccoc1)N1CCC(NCC2CCCC(O)C2)CC1. The number of piperidine rings is 1. The monoisotopic (exact) mass is 306 g/mol. The van der Waals surface area contributed by atoms with Crippen molar-refractivity contribution in [3.63, 3.8) is 0 Å². The first-order valence-corrected chi connectivity index (χ1v) is 8.45. The molecular weight excluding hydrogens is 280 g/mol. The molecule has 1 aromatic heterocycles. The van der Waals surface area contributed by atoms with Crippen LogP contribution in [-0.2, 0) is 0 Å². The average Bonchev–Trinajstić information content (AvgIpc) is 3.07. The largest absolute Gasteiger partial charge is 0.472 e. The first kappa shape index (κ1) is 15.6. The highest BCUT2D eigenvalue weighted by Crippen LogP contribution is 2.24. The van der Waals surface area contributed by atoms with Crippen LogP contribution in [0.2, 0.25) is 0 Å². The number of aliphatic hydroxyl groups excluding tert-OH is 1. The minimum Gasteiger partial charge on any atom is -0.472 e. The summed E-state index contributed by atoms with van der Waals surface area (Å²) in [6.07, 6.45) is 9.22. The molecule has 2 heterocycles. The quantitative estimate of drug-likeness (QED) is 0.893. The van der Waals surface area contributed by atoms with Crippen LogP contribution in [0.25, 0.3) is 0 Å². The topological polar surface area (TPSA) is 65.7 Å². The number of aliphatic hydroxyl groups is 1. The number of carbonyl (C=O) groups excluding carboxylic acids is 1. The molecule has 1 aliphatic heterocycles. The Morgan fingerprint density at radius 1 is 1.32 bits per heavy atom. The van der Waals surface area contributed by atoms with Gasteiger partial charge in [0.05, 0.1) is 17.9 Å². The van der Waals surface area contributed by atoms with E-state index in [-0.39, 0.29) is 12.0 Å². The van der Waals surface area contributed by atoms with Crippen molar-refractivity contribution >= 4 is 5.91 Å². The van der Waals surface area contributed by atoms with Crippen LogP contribution in [0.3, 0.4) is 0 Å². The van der Waals surface area contributed by atoms with E-state index < -0.39 is 0 Å². The molecule has 0 radical (unpaired) electrons. The number of furan rings is 1. The molecule has 3 rings (SSSR count). The van der Waals surface area contributed by atoms with Crippen molar-refractivity contribution in [2.24, 2.45) is 5.92 Å². The molecule has 22 heavy (non-hydrogen) atoms. The highest BCUT2D eigenvalue weighted by atomic mass is 16.3. The first-order chi connectivity index (χ1) is 10.7. The van der Waals surface area contributed by atoms with Crippen molar-refractivity contribution in [2.45, 2.75) is 50.7 Å². The first-order valence-electron chi connectivity index (χ1n) is 8.45. The lowest BCUT2D eigenvalue weighted by Gasteiger charge is -2.34. The van der Waals surface area contributed by atoms with Gasteiger partial charge in [0.25, 0.3) is 5.91 Å². The Hall–Kier alpha value is -1.33. The van der Waals surface area contributed by atoms with Gasteiger partial charge in [0.2, 0.25) is 0 Å². The summed E-state index contributed by atoms with van der Waals surface area (Å²) in [5.74, 6) is 0.678. The molecule has 122 valence electrons. The number of likely N-dealkylation sites (tertiary alicyclic amines) is 1. The van der Waals surface area contributed by atoms with Gasteiger partial charge >= 0.3 is 0 Å². The summed E-state index contributed by atoms with van der Waals surface area (Å²) in [6, 6.07) is 2.22. The molecular formula is C17H26N2O3. The van der Waals surface area contributed by atoms with Crippen molar-refractivity contribution in [3.8, 4) is 0 Å². The number of nitrogens with one attached hydrogen (secondary N) is 1. The van der Waals surface area contributed by atoms with E-state index in [9.17, 15) is 9.90 Å². The number of rotatable bonds is 4. The summed E-state index contributed by atoms with van der Waals surface area (Å²) in [5.41, 5.74) is 0.641. The van der Waals surface area contributed by atoms with Crippen molar-refractivity contribution in [1.29, 1.82) is 0 Å². The van der Waals surface area contributed by atoms with Gasteiger partial charge in [0.15, 0.2) is 0 Å². The molecule has 1 saturated heterocycles. The van der Waals surface area contributed by atoms with Crippen LogP contribution >= 0.6 is 0 Å². The molecule has 2 aliphatic rings. The molecule has 2 N–H and O–H groups in total. The van der Waals surface area contributed by atoms with Gasteiger partial charge in [0, 0.05) is 19.1 Å². The fraction of sp³-hybridized carbons (Fsp3) is 0.706. The van der Waals surface area contributed by atoms with Crippen LogP contribution in [0, 0.1) is 5.92 Å². The Bertz CT molecular complexity index is 466. The third kappa shape index (κ3) is 3.90. The van der Waals surface area contributed by atoms with E-state index in [1.807, 2.05) is 4.90 Å². The molecule has 1 aromatic rings. The second-order valence-corrected chi connectivity index (χ2v) is 6.67. The Labute approximate surface area is 131 Å². The van der Waals surface area contributed by atoms with E-state index in [2.05, 4.69) is 5.32 Å². The third-order valence-electron chi connectivity index (χ3n) is 5.00. The van der Waals surface area contributed by atoms with E-state index in [1.165, 1.54) is 12.7 Å². The molecule has 0 aromatic carbocycles. The zero-order chi connectivity index (χ0) is 15.4. The Morgan fingerprint density at radius 2 is 2.14 bits per heavy atom. The Kier molecular flexibility index (Phi) is 5.16. The number of amides is 1. The van der Waals surface area contributed by atoms with Crippen LogP contribution in [0.4, 0.5) is 0 Å². The summed E-state index contributed by atoms with van der Waals surface area (Å²) in [4.78, 5) is 14.1. The molecule has 1 saturated carbocycles. The smallest absolute Gasteiger partial charge is 0.257 e. The highest BCUT2D eigenvalue weighted by Gasteiger charge is 2.25. The van der Waals surface area contributed by atoms with Crippen molar-refractivity contribution in [2.75, 3.05) is 19.6 Å². The van der Waals surface area contributed by atoms with Crippen LogP contribution < -0.4 is 5.32 Å². The summed E-state index contributed by atoms with van der Waals surface area (Å²) in [6.45, 7) is 2.60. The Balaban J connectivity index is 1.39. The second-order valence-electron chi connectivity index (χ2n) is 6.67. The zero-order valence-electron chi connectivity index (χ0n) is 13.0. The molecule has 2 fully saturated rings. The molecule has 5 nitrogen and oxygen atoms in total. The number of nitrogens with zero attached hydrogens (tertiary/aromatic N) is 1. The van der Waals surface area contributed by atoms with Gasteiger partial charge < -0.3 is 19.7 Å². The van der Waals surface area contributed by atoms with E-state index in [0.717, 1.165) is 51.7 Å². The number of hydrogen-bond acceptors (Lipinski definition) is 4. The molecule has 1 amide bonds. The van der Waals surface area contributed by atoms with Crippen LogP contribution in [0.5, 0.6) is 0 Å². The maximum absolute atomic E-state index is 12.2. The van der Waals surface area contributed by atoms with E-state index in [1.54, 1.807) is 12.3 Å². The van der Waals surface area contributed by atoms with Gasteiger partial charge in [-0.2, -0.15) is 0 Å². The van der Waals surface area contributed by atoms with Crippen LogP contribution in [0.1, 0.15) is 48.9 Å². The molecule has 0 bridgehead atoms. The Morgan fingerprint density at radius 3 is 2.82 bits per heavy atom. The standard InChI is InChI=1S/C17H26N2O3/c20-16-3-1-2-13(10-16)11-18-15-4-7-19(8-5-15)17(21)14-6-9-22-12-14/h6,9,12-13,15-16,18,20H,1-5,7-8,10-11H2. The normalized spacial score (nSPS) is 27.0. The van der Waals surface area contributed by atoms with Gasteiger partial charge in [-0.1, -0.05) is 6.42 Å². The van der Waals surface area contributed by atoms with E-state index in [0.29, 0.717) is 17.5 Å². The van der Waals surface area contributed by atoms with Gasteiger partial charge in [-0.15, -0.1) is 0 Å². The predicted octanol–water partition coefficient (Wildman–Crippen LogP) is 2.02. The molecule has 2 atom stereocenters. The predicted molar refractivity (Wildman–Crippen MR) is 83.6 cm³/mol. The minimum absolute atomic E-state index is 0.0719.